The smallest absolute Gasteiger partial charge is 0.341 e. The van der Waals surface area contributed by atoms with Crippen LogP contribution in [-0.4, -0.2) is 38.6 Å². The van der Waals surface area contributed by atoms with Crippen molar-refractivity contribution in [3.63, 3.8) is 0 Å². The van der Waals surface area contributed by atoms with Crippen molar-refractivity contribution in [1.29, 1.82) is 0 Å². The second kappa shape index (κ2) is 8.54. The molecule has 28 heavy (non-hydrogen) atoms. The van der Waals surface area contributed by atoms with Gasteiger partial charge in [0, 0.05) is 38.1 Å². The summed E-state index contributed by atoms with van der Waals surface area (Å²) < 4.78 is 1.89. The molecule has 1 fully saturated rings. The molecule has 1 aliphatic heterocycles. The molecule has 1 aromatic carbocycles. The normalized spacial score (nSPS) is 15.3. The van der Waals surface area contributed by atoms with Crippen molar-refractivity contribution in [2.24, 2.45) is 0 Å². The predicted molar refractivity (Wildman–Crippen MR) is 110 cm³/mol. The molecule has 146 valence electrons. The Bertz CT molecular complexity index is 1030. The summed E-state index contributed by atoms with van der Waals surface area (Å²) in [6.07, 6.45) is 4.89. The lowest BCUT2D eigenvalue weighted by Gasteiger charge is -2.33. The molecule has 1 saturated heterocycles. The number of benzene rings is 1. The molecule has 7 heteroatoms. The number of halogens is 1. The molecule has 0 saturated carbocycles. The number of fused-ring (bicyclic) bond motifs is 1. The zero-order valence-electron chi connectivity index (χ0n) is 15.3. The van der Waals surface area contributed by atoms with E-state index >= 15 is 0 Å². The number of hydrogen-bond donors (Lipinski definition) is 1. The van der Waals surface area contributed by atoms with Crippen molar-refractivity contribution in [3.8, 4) is 0 Å². The fourth-order valence-corrected chi connectivity index (χ4v) is 3.81. The van der Waals surface area contributed by atoms with E-state index < -0.39 is 11.4 Å². The van der Waals surface area contributed by atoms with Crippen LogP contribution >= 0.6 is 12.4 Å². The molecule has 3 aromatic rings. The average molecular weight is 400 g/mol. The fourth-order valence-electron chi connectivity index (χ4n) is 3.81. The Morgan fingerprint density at radius 3 is 2.50 bits per heavy atom. The van der Waals surface area contributed by atoms with Crippen LogP contribution in [0.15, 0.2) is 59.7 Å². The first-order valence-corrected chi connectivity index (χ1v) is 9.13. The van der Waals surface area contributed by atoms with E-state index in [9.17, 15) is 14.7 Å². The van der Waals surface area contributed by atoms with Crippen LogP contribution in [-0.2, 0) is 6.54 Å². The van der Waals surface area contributed by atoms with Gasteiger partial charge in [-0.25, -0.2) is 9.78 Å². The summed E-state index contributed by atoms with van der Waals surface area (Å²) in [5.74, 6) is -1.19. The number of aromatic nitrogens is 2. The largest absolute Gasteiger partial charge is 0.477 e. The van der Waals surface area contributed by atoms with Gasteiger partial charge in [0.15, 0.2) is 0 Å². The fraction of sp³-hybridized carbons (Fsp3) is 0.286. The van der Waals surface area contributed by atoms with Gasteiger partial charge in [-0.3, -0.25) is 9.69 Å². The molecular weight excluding hydrogens is 378 g/mol. The minimum Gasteiger partial charge on any atom is -0.477 e. The highest BCUT2D eigenvalue weighted by atomic mass is 35.5. The Labute approximate surface area is 168 Å². The van der Waals surface area contributed by atoms with Crippen molar-refractivity contribution in [2.45, 2.75) is 25.4 Å². The van der Waals surface area contributed by atoms with Crippen molar-refractivity contribution >= 4 is 29.4 Å². The maximum Gasteiger partial charge on any atom is 0.341 e. The number of likely N-dealkylation sites (tertiary alicyclic amines) is 1. The van der Waals surface area contributed by atoms with Gasteiger partial charge in [0.1, 0.15) is 11.2 Å². The molecule has 0 bridgehead atoms. The third-order valence-electron chi connectivity index (χ3n) is 5.22. The number of pyridine rings is 2. The second-order valence-electron chi connectivity index (χ2n) is 6.95. The summed E-state index contributed by atoms with van der Waals surface area (Å²) in [4.78, 5) is 30.7. The number of hydrogen-bond acceptors (Lipinski definition) is 4. The number of piperidine rings is 1. The predicted octanol–water partition coefficient (Wildman–Crippen LogP) is 3.35. The van der Waals surface area contributed by atoms with Gasteiger partial charge >= 0.3 is 5.97 Å². The maximum atomic E-state index is 12.4. The quantitative estimate of drug-likeness (QED) is 0.728. The highest BCUT2D eigenvalue weighted by molar-refractivity contribution is 5.91. The number of carboxylic acids is 1. The van der Waals surface area contributed by atoms with Gasteiger partial charge in [0.25, 0.3) is 0 Å². The van der Waals surface area contributed by atoms with Gasteiger partial charge in [-0.15, -0.1) is 12.4 Å². The molecule has 1 N–H and O–H groups in total. The highest BCUT2D eigenvalue weighted by Gasteiger charge is 2.24. The average Bonchev–Trinajstić information content (AvgIpc) is 2.70. The molecule has 0 amide bonds. The van der Waals surface area contributed by atoms with Gasteiger partial charge in [0.05, 0.1) is 5.39 Å². The van der Waals surface area contributed by atoms with Crippen molar-refractivity contribution in [3.05, 3.63) is 76.2 Å². The standard InChI is InChI=1S/C21H21N3O3.ClH/c25-19-17-7-4-10-22-20(17)24(14-18(19)21(26)27)16-8-11-23(12-9-16)13-15-5-2-1-3-6-15;/h1-7,10,14,16H,8-9,11-13H2,(H,26,27);1H. The van der Waals surface area contributed by atoms with E-state index in [4.69, 9.17) is 0 Å². The monoisotopic (exact) mass is 399 g/mol. The SMILES string of the molecule is Cl.O=C(O)c1cn(C2CCN(Cc3ccccc3)CC2)c2ncccc2c1=O. The topological polar surface area (TPSA) is 75.4 Å². The van der Waals surface area contributed by atoms with Gasteiger partial charge in [0.2, 0.25) is 5.43 Å². The molecule has 0 unspecified atom stereocenters. The Morgan fingerprint density at radius 1 is 1.11 bits per heavy atom. The minimum atomic E-state index is -1.19. The molecule has 0 atom stereocenters. The van der Waals surface area contributed by atoms with E-state index in [0.29, 0.717) is 11.0 Å². The zero-order valence-corrected chi connectivity index (χ0v) is 16.1. The van der Waals surface area contributed by atoms with Crippen LogP contribution in [0.2, 0.25) is 0 Å². The van der Waals surface area contributed by atoms with E-state index in [1.165, 1.54) is 11.8 Å². The van der Waals surface area contributed by atoms with Crippen molar-refractivity contribution in [1.82, 2.24) is 14.5 Å². The van der Waals surface area contributed by atoms with Crippen molar-refractivity contribution in [2.75, 3.05) is 13.1 Å². The van der Waals surface area contributed by atoms with E-state index in [-0.39, 0.29) is 24.0 Å². The van der Waals surface area contributed by atoms with Crippen LogP contribution in [0.1, 0.15) is 34.8 Å². The summed E-state index contributed by atoms with van der Waals surface area (Å²) in [5, 5.41) is 9.78. The van der Waals surface area contributed by atoms with Crippen LogP contribution in [0.4, 0.5) is 0 Å². The number of carbonyl (C=O) groups is 1. The highest BCUT2D eigenvalue weighted by Crippen LogP contribution is 2.26. The van der Waals surface area contributed by atoms with Gasteiger partial charge < -0.3 is 9.67 Å². The summed E-state index contributed by atoms with van der Waals surface area (Å²) in [6.45, 7) is 2.75. The molecule has 1 aliphatic rings. The van der Waals surface area contributed by atoms with Crippen LogP contribution < -0.4 is 5.43 Å². The Morgan fingerprint density at radius 2 is 1.82 bits per heavy atom. The molecule has 6 nitrogen and oxygen atoms in total. The summed E-state index contributed by atoms with van der Waals surface area (Å²) in [5.41, 5.74) is 1.19. The Kier molecular flexibility index (Phi) is 6.11. The first-order chi connectivity index (χ1) is 13.1. The lowest BCUT2D eigenvalue weighted by molar-refractivity contribution is 0.0694. The molecule has 2 aromatic heterocycles. The molecule has 0 aliphatic carbocycles. The number of rotatable bonds is 4. The van der Waals surface area contributed by atoms with Crippen LogP contribution in [0.25, 0.3) is 11.0 Å². The van der Waals surface area contributed by atoms with E-state index in [0.717, 1.165) is 32.5 Å². The molecule has 3 heterocycles. The molecule has 0 spiro atoms. The molecule has 4 rings (SSSR count). The maximum absolute atomic E-state index is 12.4. The second-order valence-corrected chi connectivity index (χ2v) is 6.95. The number of aromatic carboxylic acids is 1. The first kappa shape index (κ1) is 20.0. The zero-order chi connectivity index (χ0) is 18.8. The van der Waals surface area contributed by atoms with Gasteiger partial charge in [-0.2, -0.15) is 0 Å². The van der Waals surface area contributed by atoms with Crippen molar-refractivity contribution < 1.29 is 9.90 Å². The lowest BCUT2D eigenvalue weighted by Crippen LogP contribution is -2.35. The third-order valence-corrected chi connectivity index (χ3v) is 5.22. The van der Waals surface area contributed by atoms with Gasteiger partial charge in [-0.05, 0) is 30.5 Å². The van der Waals surface area contributed by atoms with E-state index in [1.54, 1.807) is 18.3 Å². The minimum absolute atomic E-state index is 0. The summed E-state index contributed by atoms with van der Waals surface area (Å²) in [7, 11) is 0. The number of carboxylic acid groups (broad SMARTS) is 1. The first-order valence-electron chi connectivity index (χ1n) is 9.13. The summed E-state index contributed by atoms with van der Waals surface area (Å²) in [6, 6.07) is 13.8. The van der Waals surface area contributed by atoms with E-state index in [2.05, 4.69) is 22.0 Å². The van der Waals surface area contributed by atoms with E-state index in [1.807, 2.05) is 22.8 Å². The Balaban J connectivity index is 0.00000225. The Hall–Kier alpha value is -2.70. The number of nitrogens with zero attached hydrogens (tertiary/aromatic N) is 3. The lowest BCUT2D eigenvalue weighted by atomic mass is 10.0. The van der Waals surface area contributed by atoms with Gasteiger partial charge in [-0.1, -0.05) is 30.3 Å². The van der Waals surface area contributed by atoms with Crippen LogP contribution in [0, 0.1) is 0 Å². The molecule has 0 radical (unpaired) electrons. The van der Waals surface area contributed by atoms with Crippen LogP contribution in [0.5, 0.6) is 0 Å². The summed E-state index contributed by atoms with van der Waals surface area (Å²) >= 11 is 0. The van der Waals surface area contributed by atoms with Crippen LogP contribution in [0.3, 0.4) is 0 Å². The molecular formula is C21H22ClN3O3. The third kappa shape index (κ3) is 3.93.